The molecule has 0 aromatic heterocycles. The predicted octanol–water partition coefficient (Wildman–Crippen LogP) is 4.32. The summed E-state index contributed by atoms with van der Waals surface area (Å²) in [5, 5.41) is 0. The number of imide groups is 1. The number of carbonyl (C=O) groups is 2. The molecule has 2 fully saturated rings. The van der Waals surface area contributed by atoms with E-state index in [0.29, 0.717) is 5.92 Å². The molecule has 1 aliphatic heterocycles. The van der Waals surface area contributed by atoms with Crippen molar-refractivity contribution in [3.05, 3.63) is 65.7 Å². The third-order valence-corrected chi connectivity index (χ3v) is 5.81. The average molecular weight is 333 g/mol. The quantitative estimate of drug-likeness (QED) is 0.784. The first-order valence-electron chi connectivity index (χ1n) is 9.21. The van der Waals surface area contributed by atoms with Crippen molar-refractivity contribution in [3.63, 3.8) is 0 Å². The summed E-state index contributed by atoms with van der Waals surface area (Å²) in [5.41, 5.74) is 3.13. The topological polar surface area (TPSA) is 37.4 Å². The van der Waals surface area contributed by atoms with Gasteiger partial charge >= 0.3 is 0 Å². The molecular weight excluding hydrogens is 310 g/mol. The third kappa shape index (κ3) is 2.68. The minimum Gasteiger partial charge on any atom is -0.274 e. The number of amides is 2. The minimum atomic E-state index is -0.170. The van der Waals surface area contributed by atoms with E-state index in [1.807, 2.05) is 42.5 Å². The standard InChI is InChI=1S/C22H23NO2/c1-2-15-8-6-7-11-20(15)23-21(24)18-13-12-17(14-19(18)22(23)25)16-9-4-3-5-10-16/h3-11,17-19H,2,12-14H2,1H3/t17-,18+,19+/m0/s1. The van der Waals surface area contributed by atoms with Crippen molar-refractivity contribution in [1.82, 2.24) is 0 Å². The highest BCUT2D eigenvalue weighted by molar-refractivity contribution is 6.22. The molecule has 1 heterocycles. The van der Waals surface area contributed by atoms with Gasteiger partial charge in [0.2, 0.25) is 11.8 Å². The zero-order chi connectivity index (χ0) is 17.4. The van der Waals surface area contributed by atoms with Crippen LogP contribution in [0.5, 0.6) is 0 Å². The van der Waals surface area contributed by atoms with Crippen LogP contribution in [0.25, 0.3) is 0 Å². The molecule has 0 unspecified atom stereocenters. The summed E-state index contributed by atoms with van der Waals surface area (Å²) in [4.78, 5) is 27.5. The number of aryl methyl sites for hydroxylation is 1. The summed E-state index contributed by atoms with van der Waals surface area (Å²) in [7, 11) is 0. The highest BCUT2D eigenvalue weighted by Crippen LogP contribution is 2.46. The summed E-state index contributed by atoms with van der Waals surface area (Å²) in [6.07, 6.45) is 3.38. The molecule has 0 radical (unpaired) electrons. The van der Waals surface area contributed by atoms with Gasteiger partial charge in [0.05, 0.1) is 17.5 Å². The number of carbonyl (C=O) groups excluding carboxylic acids is 2. The minimum absolute atomic E-state index is 0.00223. The van der Waals surface area contributed by atoms with Crippen LogP contribution < -0.4 is 4.90 Å². The van der Waals surface area contributed by atoms with Gasteiger partial charge in [0, 0.05) is 0 Å². The molecule has 1 saturated heterocycles. The summed E-state index contributed by atoms with van der Waals surface area (Å²) in [5.74, 6) is 0.0632. The summed E-state index contributed by atoms with van der Waals surface area (Å²) in [6.45, 7) is 2.06. The maximum absolute atomic E-state index is 13.1. The highest BCUT2D eigenvalue weighted by atomic mass is 16.2. The second kappa shape index (κ2) is 6.47. The zero-order valence-electron chi connectivity index (χ0n) is 14.5. The van der Waals surface area contributed by atoms with Crippen molar-refractivity contribution in [2.75, 3.05) is 4.90 Å². The van der Waals surface area contributed by atoms with E-state index in [2.05, 4.69) is 19.1 Å². The van der Waals surface area contributed by atoms with E-state index in [0.717, 1.165) is 36.9 Å². The molecule has 0 bridgehead atoms. The van der Waals surface area contributed by atoms with Crippen LogP contribution in [0.3, 0.4) is 0 Å². The molecule has 3 heteroatoms. The van der Waals surface area contributed by atoms with Gasteiger partial charge in [-0.05, 0) is 48.8 Å². The lowest BCUT2D eigenvalue weighted by atomic mass is 9.73. The van der Waals surface area contributed by atoms with E-state index in [1.54, 1.807) is 0 Å². The van der Waals surface area contributed by atoms with Crippen LogP contribution >= 0.6 is 0 Å². The maximum atomic E-state index is 13.1. The number of nitrogens with zero attached hydrogens (tertiary/aromatic N) is 1. The van der Waals surface area contributed by atoms with Gasteiger partial charge < -0.3 is 0 Å². The molecule has 3 nitrogen and oxygen atoms in total. The monoisotopic (exact) mass is 333 g/mol. The molecule has 2 amide bonds. The Hall–Kier alpha value is -2.42. The van der Waals surface area contributed by atoms with Gasteiger partial charge in [-0.2, -0.15) is 0 Å². The summed E-state index contributed by atoms with van der Waals surface area (Å²) >= 11 is 0. The van der Waals surface area contributed by atoms with Crippen molar-refractivity contribution >= 4 is 17.5 Å². The SMILES string of the molecule is CCc1ccccc1N1C(=O)[C@@H]2CC[C@H](c3ccccc3)C[C@H]2C1=O. The Kier molecular flexibility index (Phi) is 4.16. The van der Waals surface area contributed by atoms with Crippen molar-refractivity contribution in [2.45, 2.75) is 38.5 Å². The molecule has 3 atom stereocenters. The van der Waals surface area contributed by atoms with E-state index < -0.39 is 0 Å². The molecule has 128 valence electrons. The number of anilines is 1. The van der Waals surface area contributed by atoms with E-state index in [1.165, 1.54) is 10.5 Å². The van der Waals surface area contributed by atoms with Crippen molar-refractivity contribution < 1.29 is 9.59 Å². The molecule has 1 saturated carbocycles. The van der Waals surface area contributed by atoms with Gasteiger partial charge in [-0.15, -0.1) is 0 Å². The largest absolute Gasteiger partial charge is 0.274 e. The lowest BCUT2D eigenvalue weighted by molar-refractivity contribution is -0.122. The second-order valence-electron chi connectivity index (χ2n) is 7.13. The fraction of sp³-hybridized carbons (Fsp3) is 0.364. The van der Waals surface area contributed by atoms with Gasteiger partial charge in [-0.3, -0.25) is 9.59 Å². The van der Waals surface area contributed by atoms with E-state index in [9.17, 15) is 9.59 Å². The maximum Gasteiger partial charge on any atom is 0.237 e. The number of fused-ring (bicyclic) bond motifs is 1. The normalized spacial score (nSPS) is 26.0. The molecule has 4 rings (SSSR count). The van der Waals surface area contributed by atoms with Crippen molar-refractivity contribution in [2.24, 2.45) is 11.8 Å². The molecular formula is C22H23NO2. The Bertz CT molecular complexity index is 799. The Morgan fingerprint density at radius 2 is 1.56 bits per heavy atom. The smallest absolute Gasteiger partial charge is 0.237 e. The highest BCUT2D eigenvalue weighted by Gasteiger charge is 2.50. The molecule has 2 aromatic rings. The fourth-order valence-corrected chi connectivity index (χ4v) is 4.47. The zero-order valence-corrected chi connectivity index (χ0v) is 14.5. The van der Waals surface area contributed by atoms with Gasteiger partial charge in [-0.1, -0.05) is 55.5 Å². The van der Waals surface area contributed by atoms with Gasteiger partial charge in [-0.25, -0.2) is 4.90 Å². The molecule has 0 spiro atoms. The first kappa shape index (κ1) is 16.1. The Morgan fingerprint density at radius 3 is 2.32 bits per heavy atom. The van der Waals surface area contributed by atoms with Crippen LogP contribution in [0.2, 0.25) is 0 Å². The number of hydrogen-bond donors (Lipinski definition) is 0. The van der Waals surface area contributed by atoms with Crippen LogP contribution in [-0.4, -0.2) is 11.8 Å². The van der Waals surface area contributed by atoms with Gasteiger partial charge in [0.25, 0.3) is 0 Å². The average Bonchev–Trinajstić information content (AvgIpc) is 2.92. The molecule has 25 heavy (non-hydrogen) atoms. The van der Waals surface area contributed by atoms with E-state index in [-0.39, 0.29) is 23.7 Å². The fourth-order valence-electron chi connectivity index (χ4n) is 4.47. The van der Waals surface area contributed by atoms with E-state index in [4.69, 9.17) is 0 Å². The molecule has 2 aromatic carbocycles. The number of para-hydroxylation sites is 1. The van der Waals surface area contributed by atoms with Crippen LogP contribution in [0.1, 0.15) is 43.2 Å². The Labute approximate surface area is 148 Å². The second-order valence-corrected chi connectivity index (χ2v) is 7.13. The predicted molar refractivity (Wildman–Crippen MR) is 98.3 cm³/mol. The first-order valence-corrected chi connectivity index (χ1v) is 9.21. The van der Waals surface area contributed by atoms with Crippen molar-refractivity contribution in [1.29, 1.82) is 0 Å². The van der Waals surface area contributed by atoms with E-state index >= 15 is 0 Å². The van der Waals surface area contributed by atoms with Crippen LogP contribution in [0.4, 0.5) is 5.69 Å². The van der Waals surface area contributed by atoms with Crippen molar-refractivity contribution in [3.8, 4) is 0 Å². The van der Waals surface area contributed by atoms with Gasteiger partial charge in [0.1, 0.15) is 0 Å². The molecule has 1 aliphatic carbocycles. The van der Waals surface area contributed by atoms with Crippen LogP contribution in [0, 0.1) is 11.8 Å². The lowest BCUT2D eigenvalue weighted by Crippen LogP contribution is -2.31. The Balaban J connectivity index is 1.63. The van der Waals surface area contributed by atoms with Gasteiger partial charge in [0.15, 0.2) is 0 Å². The third-order valence-electron chi connectivity index (χ3n) is 5.81. The summed E-state index contributed by atoms with van der Waals surface area (Å²) in [6, 6.07) is 18.2. The van der Waals surface area contributed by atoms with Crippen LogP contribution in [0.15, 0.2) is 54.6 Å². The summed E-state index contributed by atoms with van der Waals surface area (Å²) < 4.78 is 0. The first-order chi connectivity index (χ1) is 12.2. The number of benzene rings is 2. The Morgan fingerprint density at radius 1 is 0.880 bits per heavy atom. The molecule has 0 N–H and O–H groups in total. The lowest BCUT2D eigenvalue weighted by Gasteiger charge is -2.28. The number of hydrogen-bond acceptors (Lipinski definition) is 2. The number of rotatable bonds is 3. The van der Waals surface area contributed by atoms with Crippen LogP contribution in [-0.2, 0) is 16.0 Å². The molecule has 2 aliphatic rings.